The van der Waals surface area contributed by atoms with E-state index in [0.29, 0.717) is 24.3 Å². The van der Waals surface area contributed by atoms with Crippen LogP contribution in [0.4, 0.5) is 0 Å². The second-order valence-corrected chi connectivity index (χ2v) is 18.5. The Morgan fingerprint density at radius 2 is 0.943 bits per heavy atom. The Morgan fingerprint density at radius 1 is 0.566 bits per heavy atom. The summed E-state index contributed by atoms with van der Waals surface area (Å²) in [7, 11) is 0. The fourth-order valence-electron chi connectivity index (χ4n) is 9.29. The maximum Gasteiger partial charge on any atom is 0.311 e. The van der Waals surface area contributed by atoms with Gasteiger partial charge in [-0.3, -0.25) is 9.59 Å². The van der Waals surface area contributed by atoms with E-state index in [0.717, 1.165) is 104 Å². The van der Waals surface area contributed by atoms with Crippen LogP contribution in [0.25, 0.3) is 21.8 Å². The van der Waals surface area contributed by atoms with Crippen molar-refractivity contribution in [2.45, 2.75) is 127 Å². The van der Waals surface area contributed by atoms with E-state index in [1.165, 1.54) is 0 Å². The van der Waals surface area contributed by atoms with Gasteiger partial charge in [0.05, 0.1) is 12.8 Å². The molecule has 4 rings (SSSR count). The molecule has 0 aliphatic rings. The van der Waals surface area contributed by atoms with Crippen LogP contribution in [-0.4, -0.2) is 48.1 Å². The molecule has 0 saturated carbocycles. The van der Waals surface area contributed by atoms with Gasteiger partial charge in [-0.25, -0.2) is 0 Å². The van der Waals surface area contributed by atoms with Crippen molar-refractivity contribution in [1.29, 1.82) is 0 Å². The highest BCUT2D eigenvalue weighted by atomic mass is 16.5. The fraction of sp³-hybridized carbons (Fsp3) is 0.600. The number of rotatable bonds is 22. The van der Waals surface area contributed by atoms with Gasteiger partial charge < -0.3 is 30.1 Å². The summed E-state index contributed by atoms with van der Waals surface area (Å²) >= 11 is 0. The van der Waals surface area contributed by atoms with E-state index in [-0.39, 0.29) is 33.6 Å². The van der Waals surface area contributed by atoms with Crippen LogP contribution < -0.4 is 20.1 Å². The Kier molecular flexibility index (Phi) is 14.4. The van der Waals surface area contributed by atoms with E-state index in [4.69, 9.17) is 9.47 Å². The topological polar surface area (TPSA) is 108 Å². The van der Waals surface area contributed by atoms with Crippen molar-refractivity contribution in [3.8, 4) is 11.5 Å². The number of carbonyl (C=O) groups is 2. The van der Waals surface area contributed by atoms with Crippen molar-refractivity contribution >= 4 is 33.7 Å². The van der Waals surface area contributed by atoms with Gasteiger partial charge >= 0.3 is 11.9 Å². The van der Waals surface area contributed by atoms with Gasteiger partial charge in [0.2, 0.25) is 0 Å². The van der Waals surface area contributed by atoms with E-state index in [1.54, 1.807) is 0 Å². The number of benzene rings is 2. The van der Waals surface area contributed by atoms with Crippen LogP contribution in [0.2, 0.25) is 0 Å². The van der Waals surface area contributed by atoms with Crippen LogP contribution in [0.3, 0.4) is 0 Å². The second-order valence-electron chi connectivity index (χ2n) is 18.5. The normalized spacial score (nSPS) is 12.9. The molecule has 0 unspecified atom stereocenters. The minimum atomic E-state index is -0.265. The van der Waals surface area contributed by atoms with Gasteiger partial charge in [-0.15, -0.1) is 0 Å². The van der Waals surface area contributed by atoms with E-state index in [1.807, 2.05) is 48.8 Å². The minimum Gasteiger partial charge on any atom is -0.426 e. The van der Waals surface area contributed by atoms with Crippen molar-refractivity contribution in [1.82, 2.24) is 20.6 Å². The van der Waals surface area contributed by atoms with Crippen LogP contribution in [0.5, 0.6) is 11.5 Å². The van der Waals surface area contributed by atoms with E-state index < -0.39 is 0 Å². The first-order valence-corrected chi connectivity index (χ1v) is 19.9. The molecule has 0 bridgehead atoms. The van der Waals surface area contributed by atoms with Crippen LogP contribution >= 0.6 is 0 Å². The molecule has 8 nitrogen and oxygen atoms in total. The van der Waals surface area contributed by atoms with Gasteiger partial charge in [-0.05, 0) is 128 Å². The lowest BCUT2D eigenvalue weighted by Crippen LogP contribution is -2.33. The van der Waals surface area contributed by atoms with Crippen molar-refractivity contribution in [3.05, 3.63) is 59.9 Å². The number of aromatic nitrogens is 2. The van der Waals surface area contributed by atoms with E-state index in [2.05, 4.69) is 89.8 Å². The zero-order valence-electron chi connectivity index (χ0n) is 34.4. The van der Waals surface area contributed by atoms with Crippen molar-refractivity contribution in [2.24, 2.45) is 21.7 Å². The van der Waals surface area contributed by atoms with Gasteiger partial charge in [-0.2, -0.15) is 0 Å². The average Bonchev–Trinajstić information content (AvgIpc) is 3.64. The SMILES string of the molecule is CCCNCCc1c[nH]c2cccc(OC(=O)CC(C)(C)CC(C)(C)CC(C)(C)CC(C)(C)CC(=O)Oc3cccc4[nH]cc(CCNCCC)c34)c12. The van der Waals surface area contributed by atoms with Gasteiger partial charge in [0.1, 0.15) is 11.5 Å². The molecule has 2 heterocycles. The molecule has 8 heteroatoms. The molecule has 2 aromatic carbocycles. The Labute approximate surface area is 319 Å². The second kappa shape index (κ2) is 18.1. The third-order valence-corrected chi connectivity index (χ3v) is 10.1. The highest BCUT2D eigenvalue weighted by Crippen LogP contribution is 2.48. The zero-order chi connectivity index (χ0) is 38.9. The number of hydrogen-bond acceptors (Lipinski definition) is 6. The Bertz CT molecular complexity index is 1660. The number of carbonyl (C=O) groups excluding carboxylic acids is 2. The summed E-state index contributed by atoms with van der Waals surface area (Å²) in [5.41, 5.74) is 3.66. The lowest BCUT2D eigenvalue weighted by Gasteiger charge is -2.42. The summed E-state index contributed by atoms with van der Waals surface area (Å²) in [6, 6.07) is 11.7. The lowest BCUT2D eigenvalue weighted by molar-refractivity contribution is -0.137. The number of H-pyrrole nitrogens is 2. The third kappa shape index (κ3) is 12.7. The number of nitrogens with one attached hydrogen (secondary N) is 4. The summed E-state index contributed by atoms with van der Waals surface area (Å²) < 4.78 is 12.1. The quantitative estimate of drug-likeness (QED) is 0.0365. The summed E-state index contributed by atoms with van der Waals surface area (Å²) in [4.78, 5) is 33.6. The van der Waals surface area contributed by atoms with Crippen LogP contribution in [0.1, 0.15) is 125 Å². The molecule has 0 amide bonds. The van der Waals surface area contributed by atoms with Gasteiger partial charge in [-0.1, -0.05) is 81.4 Å². The standard InChI is InChI=1S/C45H68N4O4/c1-11-21-46-23-19-32-27-48-34-15-13-17-36(40(32)34)52-38(50)25-42(3,4)29-44(7,8)31-45(9,10)30-43(5,6)26-39(51)53-37-18-14-16-35-41(37)33(28-49-35)20-24-47-22-12-2/h13-18,27-28,46-49H,11-12,19-26,29-31H2,1-10H3. The predicted octanol–water partition coefficient (Wildman–Crippen LogP) is 10.3. The molecule has 2 aromatic heterocycles. The summed E-state index contributed by atoms with van der Waals surface area (Å²) in [6.45, 7) is 26.0. The first-order valence-electron chi connectivity index (χ1n) is 19.9. The number of fused-ring (bicyclic) bond motifs is 2. The zero-order valence-corrected chi connectivity index (χ0v) is 34.4. The number of hydrogen-bond donors (Lipinski definition) is 4. The van der Waals surface area contributed by atoms with Crippen LogP contribution in [0.15, 0.2) is 48.8 Å². The predicted molar refractivity (Wildman–Crippen MR) is 220 cm³/mol. The molecule has 0 aliphatic carbocycles. The number of esters is 2. The molecule has 0 radical (unpaired) electrons. The Hall–Kier alpha value is -3.62. The van der Waals surface area contributed by atoms with Gasteiger partial charge in [0.15, 0.2) is 0 Å². The van der Waals surface area contributed by atoms with Crippen LogP contribution in [0, 0.1) is 21.7 Å². The van der Waals surface area contributed by atoms with Crippen molar-refractivity contribution < 1.29 is 19.1 Å². The monoisotopic (exact) mass is 729 g/mol. The van der Waals surface area contributed by atoms with Gasteiger partial charge in [0.25, 0.3) is 0 Å². The average molecular weight is 729 g/mol. The smallest absolute Gasteiger partial charge is 0.311 e. The molecule has 0 spiro atoms. The van der Waals surface area contributed by atoms with Crippen molar-refractivity contribution in [3.63, 3.8) is 0 Å². The Balaban J connectivity index is 1.33. The molecular weight excluding hydrogens is 661 g/mol. The summed E-state index contributed by atoms with van der Waals surface area (Å²) in [6.07, 6.45) is 11.3. The van der Waals surface area contributed by atoms with Crippen molar-refractivity contribution in [2.75, 3.05) is 26.2 Å². The molecule has 4 aromatic rings. The third-order valence-electron chi connectivity index (χ3n) is 10.1. The number of aromatic amines is 2. The molecule has 53 heavy (non-hydrogen) atoms. The maximum absolute atomic E-state index is 13.4. The molecule has 0 atom stereocenters. The fourth-order valence-corrected chi connectivity index (χ4v) is 9.29. The number of ether oxygens (including phenoxy) is 2. The molecule has 0 saturated heterocycles. The Morgan fingerprint density at radius 3 is 1.32 bits per heavy atom. The first-order chi connectivity index (χ1) is 24.9. The van der Waals surface area contributed by atoms with Crippen LogP contribution in [-0.2, 0) is 22.4 Å². The highest BCUT2D eigenvalue weighted by molar-refractivity contribution is 5.92. The largest absolute Gasteiger partial charge is 0.426 e. The van der Waals surface area contributed by atoms with E-state index >= 15 is 0 Å². The maximum atomic E-state index is 13.4. The lowest BCUT2D eigenvalue weighted by atomic mass is 9.63. The first kappa shape index (κ1) is 42.1. The van der Waals surface area contributed by atoms with Gasteiger partial charge in [0, 0.05) is 34.2 Å². The highest BCUT2D eigenvalue weighted by Gasteiger charge is 2.38. The molecule has 0 fully saturated rings. The molecule has 292 valence electrons. The minimum absolute atomic E-state index is 0.0461. The molecular formula is C45H68N4O4. The molecule has 0 aliphatic heterocycles. The molecule has 4 N–H and O–H groups in total. The van der Waals surface area contributed by atoms with E-state index in [9.17, 15) is 9.59 Å². The summed E-state index contributed by atoms with van der Waals surface area (Å²) in [5.74, 6) is 0.843. The summed E-state index contributed by atoms with van der Waals surface area (Å²) in [5, 5.41) is 8.92.